The average molecular weight is 187 g/mol. The van der Waals surface area contributed by atoms with Gasteiger partial charge in [0.25, 0.3) is 0 Å². The van der Waals surface area contributed by atoms with E-state index < -0.39 is 0 Å². The lowest BCUT2D eigenvalue weighted by atomic mass is 9.96. The maximum Gasteiger partial charge on any atom is 0.0931 e. The molecular weight excluding hydrogens is 174 g/mol. The van der Waals surface area contributed by atoms with Crippen molar-refractivity contribution in [3.63, 3.8) is 0 Å². The van der Waals surface area contributed by atoms with Crippen molar-refractivity contribution in [2.75, 3.05) is 6.54 Å². The summed E-state index contributed by atoms with van der Waals surface area (Å²) < 4.78 is 0. The Hall–Kier alpha value is -1.35. The number of hydrogen-bond donors (Lipinski definition) is 2. The summed E-state index contributed by atoms with van der Waals surface area (Å²) in [4.78, 5) is 7.33. The number of nitrogens with one attached hydrogen (secondary N) is 1. The number of imidazole rings is 1. The Labute approximate surface area is 82.3 Å². The van der Waals surface area contributed by atoms with Crippen molar-refractivity contribution in [1.82, 2.24) is 9.97 Å². The molecule has 3 heteroatoms. The summed E-state index contributed by atoms with van der Waals surface area (Å²) >= 11 is 0. The number of benzene rings is 1. The normalized spacial score (nSPS) is 18.6. The molecule has 1 aliphatic rings. The van der Waals surface area contributed by atoms with Crippen LogP contribution in [0.3, 0.4) is 0 Å². The fourth-order valence-electron chi connectivity index (χ4n) is 2.03. The Morgan fingerprint density at radius 2 is 2.29 bits per heavy atom. The SMILES string of the molecule is NCC1(c2ccc3nc[nH]c3c2)CC1. The highest BCUT2D eigenvalue weighted by Gasteiger charge is 2.42. The topological polar surface area (TPSA) is 54.7 Å². The largest absolute Gasteiger partial charge is 0.345 e. The van der Waals surface area contributed by atoms with Gasteiger partial charge in [0.1, 0.15) is 0 Å². The quantitative estimate of drug-likeness (QED) is 0.749. The first-order valence-corrected chi connectivity index (χ1v) is 4.98. The molecule has 1 aromatic carbocycles. The van der Waals surface area contributed by atoms with Gasteiger partial charge in [-0.25, -0.2) is 4.98 Å². The van der Waals surface area contributed by atoms with Crippen LogP contribution in [0.1, 0.15) is 18.4 Å². The molecule has 3 rings (SSSR count). The number of aromatic nitrogens is 2. The fraction of sp³-hybridized carbons (Fsp3) is 0.364. The second-order valence-electron chi connectivity index (χ2n) is 4.12. The van der Waals surface area contributed by atoms with E-state index in [4.69, 9.17) is 5.73 Å². The van der Waals surface area contributed by atoms with Crippen LogP contribution < -0.4 is 5.73 Å². The van der Waals surface area contributed by atoms with Gasteiger partial charge >= 0.3 is 0 Å². The third-order valence-corrected chi connectivity index (χ3v) is 3.28. The van der Waals surface area contributed by atoms with Gasteiger partial charge in [0.15, 0.2) is 0 Å². The van der Waals surface area contributed by atoms with Gasteiger partial charge in [0.05, 0.1) is 17.4 Å². The molecule has 0 saturated heterocycles. The Kier molecular flexibility index (Phi) is 1.47. The molecule has 0 unspecified atom stereocenters. The van der Waals surface area contributed by atoms with E-state index >= 15 is 0 Å². The molecule has 14 heavy (non-hydrogen) atoms. The first kappa shape index (κ1) is 8.00. The molecule has 2 aromatic rings. The van der Waals surface area contributed by atoms with Crippen LogP contribution in [0.15, 0.2) is 24.5 Å². The van der Waals surface area contributed by atoms with Crippen molar-refractivity contribution in [3.05, 3.63) is 30.1 Å². The first-order valence-electron chi connectivity index (χ1n) is 4.98. The van der Waals surface area contributed by atoms with Crippen LogP contribution in [0.4, 0.5) is 0 Å². The molecule has 1 aromatic heterocycles. The summed E-state index contributed by atoms with van der Waals surface area (Å²) in [6.07, 6.45) is 4.18. The van der Waals surface area contributed by atoms with E-state index in [9.17, 15) is 0 Å². The van der Waals surface area contributed by atoms with Gasteiger partial charge in [-0.1, -0.05) is 6.07 Å². The van der Waals surface area contributed by atoms with Crippen LogP contribution in [0.25, 0.3) is 11.0 Å². The number of nitrogens with zero attached hydrogens (tertiary/aromatic N) is 1. The molecule has 0 aliphatic heterocycles. The van der Waals surface area contributed by atoms with E-state index in [-0.39, 0.29) is 5.41 Å². The van der Waals surface area contributed by atoms with Crippen molar-refractivity contribution in [3.8, 4) is 0 Å². The van der Waals surface area contributed by atoms with Crippen molar-refractivity contribution in [2.45, 2.75) is 18.3 Å². The molecule has 0 bridgehead atoms. The minimum Gasteiger partial charge on any atom is -0.345 e. The number of H-pyrrole nitrogens is 1. The summed E-state index contributed by atoms with van der Waals surface area (Å²) in [6, 6.07) is 6.40. The molecule has 1 fully saturated rings. The molecule has 0 spiro atoms. The van der Waals surface area contributed by atoms with Gasteiger partial charge in [-0.15, -0.1) is 0 Å². The van der Waals surface area contributed by atoms with E-state index in [0.717, 1.165) is 17.6 Å². The highest BCUT2D eigenvalue weighted by molar-refractivity contribution is 5.75. The number of hydrogen-bond acceptors (Lipinski definition) is 2. The summed E-state index contributed by atoms with van der Waals surface area (Å²) in [6.45, 7) is 0.757. The van der Waals surface area contributed by atoms with Crippen molar-refractivity contribution in [2.24, 2.45) is 5.73 Å². The summed E-state index contributed by atoms with van der Waals surface area (Å²) in [5.74, 6) is 0. The van der Waals surface area contributed by atoms with Gasteiger partial charge in [0.2, 0.25) is 0 Å². The van der Waals surface area contributed by atoms with Crippen LogP contribution in [0, 0.1) is 0 Å². The first-order chi connectivity index (χ1) is 6.84. The maximum atomic E-state index is 5.79. The molecule has 3 nitrogen and oxygen atoms in total. The number of fused-ring (bicyclic) bond motifs is 1. The van der Waals surface area contributed by atoms with E-state index in [1.807, 2.05) is 0 Å². The maximum absolute atomic E-state index is 5.79. The molecule has 1 heterocycles. The Morgan fingerprint density at radius 1 is 1.43 bits per heavy atom. The molecule has 0 atom stereocenters. The molecule has 1 aliphatic carbocycles. The zero-order chi connectivity index (χ0) is 9.60. The van der Waals surface area contributed by atoms with Gasteiger partial charge < -0.3 is 10.7 Å². The Morgan fingerprint density at radius 3 is 3.00 bits per heavy atom. The van der Waals surface area contributed by atoms with Crippen molar-refractivity contribution >= 4 is 11.0 Å². The minimum absolute atomic E-state index is 0.277. The molecule has 72 valence electrons. The zero-order valence-electron chi connectivity index (χ0n) is 7.96. The van der Waals surface area contributed by atoms with Gasteiger partial charge in [-0.3, -0.25) is 0 Å². The Bertz CT molecular complexity index is 468. The minimum atomic E-state index is 0.277. The fourth-order valence-corrected chi connectivity index (χ4v) is 2.03. The van der Waals surface area contributed by atoms with Crippen LogP contribution in [0.2, 0.25) is 0 Å². The van der Waals surface area contributed by atoms with Crippen molar-refractivity contribution < 1.29 is 0 Å². The molecular formula is C11H13N3. The average Bonchev–Trinajstić information content (AvgIpc) is 2.89. The van der Waals surface area contributed by atoms with Crippen LogP contribution in [-0.2, 0) is 5.41 Å². The molecule has 1 saturated carbocycles. The molecule has 0 amide bonds. The molecule has 0 radical (unpaired) electrons. The van der Waals surface area contributed by atoms with Gasteiger partial charge in [-0.05, 0) is 30.5 Å². The number of aromatic amines is 1. The summed E-state index contributed by atoms with van der Waals surface area (Å²) in [7, 11) is 0. The van der Waals surface area contributed by atoms with E-state index in [2.05, 4.69) is 28.2 Å². The second-order valence-corrected chi connectivity index (χ2v) is 4.12. The lowest BCUT2D eigenvalue weighted by Crippen LogP contribution is -2.19. The second kappa shape index (κ2) is 2.58. The Balaban J connectivity index is 2.13. The van der Waals surface area contributed by atoms with E-state index in [1.165, 1.54) is 18.4 Å². The third kappa shape index (κ3) is 0.990. The lowest BCUT2D eigenvalue weighted by Gasteiger charge is -2.12. The third-order valence-electron chi connectivity index (χ3n) is 3.28. The highest BCUT2D eigenvalue weighted by atomic mass is 14.9. The predicted octanol–water partition coefficient (Wildman–Crippen LogP) is 1.55. The van der Waals surface area contributed by atoms with Crippen molar-refractivity contribution in [1.29, 1.82) is 0 Å². The highest BCUT2D eigenvalue weighted by Crippen LogP contribution is 2.47. The number of rotatable bonds is 2. The van der Waals surface area contributed by atoms with E-state index in [1.54, 1.807) is 6.33 Å². The number of nitrogens with two attached hydrogens (primary N) is 1. The van der Waals surface area contributed by atoms with E-state index in [0.29, 0.717) is 0 Å². The summed E-state index contributed by atoms with van der Waals surface area (Å²) in [5, 5.41) is 0. The van der Waals surface area contributed by atoms with Gasteiger partial charge in [0, 0.05) is 12.0 Å². The molecule has 3 N–H and O–H groups in total. The standard InChI is InChI=1S/C11H13N3/c12-6-11(3-4-11)8-1-2-9-10(5-8)14-7-13-9/h1-2,5,7H,3-4,6,12H2,(H,13,14). The van der Waals surface area contributed by atoms with Gasteiger partial charge in [-0.2, -0.15) is 0 Å². The van der Waals surface area contributed by atoms with Crippen LogP contribution in [-0.4, -0.2) is 16.5 Å². The monoisotopic (exact) mass is 187 g/mol. The van der Waals surface area contributed by atoms with Crippen LogP contribution >= 0.6 is 0 Å². The smallest absolute Gasteiger partial charge is 0.0931 e. The zero-order valence-corrected chi connectivity index (χ0v) is 7.96. The van der Waals surface area contributed by atoms with Crippen LogP contribution in [0.5, 0.6) is 0 Å². The lowest BCUT2D eigenvalue weighted by molar-refractivity contribution is 0.706. The summed E-state index contributed by atoms with van der Waals surface area (Å²) in [5.41, 5.74) is 9.57. The predicted molar refractivity (Wildman–Crippen MR) is 56.1 cm³/mol.